The Labute approximate surface area is 134 Å². The Hall–Kier alpha value is -2.70. The van der Waals surface area contributed by atoms with Gasteiger partial charge in [-0.15, -0.1) is 0 Å². The highest BCUT2D eigenvalue weighted by molar-refractivity contribution is 6.15. The van der Waals surface area contributed by atoms with E-state index in [0.717, 1.165) is 0 Å². The summed E-state index contributed by atoms with van der Waals surface area (Å²) in [4.78, 5) is 28.7. The van der Waals surface area contributed by atoms with Crippen molar-refractivity contribution in [2.24, 2.45) is 0 Å². The molecule has 0 fully saturated rings. The number of carbonyl (C=O) groups is 2. The van der Waals surface area contributed by atoms with Gasteiger partial charge in [-0.05, 0) is 19.9 Å². The lowest BCUT2D eigenvalue weighted by Crippen LogP contribution is -2.42. The highest BCUT2D eigenvalue weighted by Crippen LogP contribution is 2.40. The fourth-order valence-electron chi connectivity index (χ4n) is 2.51. The lowest BCUT2D eigenvalue weighted by atomic mass is 9.92. The van der Waals surface area contributed by atoms with Crippen molar-refractivity contribution in [3.8, 4) is 11.5 Å². The molecule has 0 radical (unpaired) electrons. The summed E-state index contributed by atoms with van der Waals surface area (Å²) in [7, 11) is 3.00. The topological polar surface area (TPSA) is 77.1 Å². The first-order valence-corrected chi connectivity index (χ1v) is 7.22. The number of fused-ring (bicyclic) bond motifs is 1. The summed E-state index contributed by atoms with van der Waals surface area (Å²) in [6, 6.07) is 2.77. The van der Waals surface area contributed by atoms with Gasteiger partial charge in [-0.1, -0.05) is 0 Å². The predicted octanol–water partition coefficient (Wildman–Crippen LogP) is 1.68. The van der Waals surface area contributed by atoms with Crippen LogP contribution < -0.4 is 19.9 Å². The predicted molar refractivity (Wildman–Crippen MR) is 84.7 cm³/mol. The third kappa shape index (κ3) is 2.94. The van der Waals surface area contributed by atoms with Crippen molar-refractivity contribution >= 4 is 17.9 Å². The van der Waals surface area contributed by atoms with Gasteiger partial charge in [0.25, 0.3) is 0 Å². The highest BCUT2D eigenvalue weighted by atomic mass is 16.7. The molecule has 0 bridgehead atoms. The maximum atomic E-state index is 12.8. The smallest absolute Gasteiger partial charge is 0.320 e. The maximum absolute atomic E-state index is 12.8. The molecule has 0 amide bonds. The summed E-state index contributed by atoms with van der Waals surface area (Å²) in [5.74, 6) is 0.730. The monoisotopic (exact) mass is 320 g/mol. The third-order valence-corrected chi connectivity index (χ3v) is 3.67. The molecule has 1 aliphatic rings. The van der Waals surface area contributed by atoms with E-state index in [1.54, 1.807) is 25.3 Å². The Balaban J connectivity index is 2.62. The van der Waals surface area contributed by atoms with Crippen LogP contribution in [0.15, 0.2) is 23.9 Å². The van der Waals surface area contributed by atoms with E-state index in [1.807, 2.05) is 6.92 Å². The number of hydroxylamine groups is 1. The Morgan fingerprint density at radius 3 is 2.48 bits per heavy atom. The molecule has 23 heavy (non-hydrogen) atoms. The summed E-state index contributed by atoms with van der Waals surface area (Å²) in [6.45, 7) is 4.72. The lowest BCUT2D eigenvalue weighted by Gasteiger charge is -2.35. The number of Topliss-reactive ketones (excluding diaryl/α,β-unsaturated/α-hetero) is 1. The average molecular weight is 320 g/mol. The molecule has 7 nitrogen and oxygen atoms in total. The Bertz CT molecular complexity index is 642. The fourth-order valence-corrected chi connectivity index (χ4v) is 2.51. The van der Waals surface area contributed by atoms with Gasteiger partial charge in [0.1, 0.15) is 0 Å². The first kappa shape index (κ1) is 16.7. The number of nitrogens with one attached hydrogen (secondary N) is 1. The average Bonchev–Trinajstić information content (AvgIpc) is 2.57. The molecular weight excluding hydrogens is 300 g/mol. The molecule has 1 N–H and O–H groups in total. The van der Waals surface area contributed by atoms with Crippen molar-refractivity contribution in [2.75, 3.05) is 25.8 Å². The number of nitrogens with zero attached hydrogens (tertiary/aromatic N) is 1. The van der Waals surface area contributed by atoms with Crippen LogP contribution in [-0.2, 0) is 9.63 Å². The number of rotatable bonds is 6. The first-order valence-electron chi connectivity index (χ1n) is 7.22. The highest BCUT2D eigenvalue weighted by Gasteiger charge is 2.36. The minimum Gasteiger partial charge on any atom is -0.493 e. The number of hydrogen-bond acceptors (Lipinski definition) is 7. The summed E-state index contributed by atoms with van der Waals surface area (Å²) in [6.07, 6.45) is 1.65. The second-order valence-corrected chi connectivity index (χ2v) is 4.91. The minimum absolute atomic E-state index is 0.153. The van der Waals surface area contributed by atoms with E-state index in [4.69, 9.17) is 14.3 Å². The van der Waals surface area contributed by atoms with Gasteiger partial charge in [0.15, 0.2) is 17.3 Å². The number of hydrogen-bond donors (Lipinski definition) is 1. The SMILES string of the molecule is CCNC=C1C(=O)c2cc(OC)c(OC)cc2N(OC=O)C1C. The van der Waals surface area contributed by atoms with Gasteiger partial charge >= 0.3 is 6.47 Å². The molecule has 2 rings (SSSR count). The zero-order valence-electron chi connectivity index (χ0n) is 13.6. The van der Waals surface area contributed by atoms with Crippen molar-refractivity contribution in [1.29, 1.82) is 0 Å². The molecule has 1 aromatic rings. The molecule has 1 heterocycles. The molecule has 1 aliphatic heterocycles. The Morgan fingerprint density at radius 2 is 1.91 bits per heavy atom. The van der Waals surface area contributed by atoms with E-state index in [9.17, 15) is 9.59 Å². The number of anilines is 1. The van der Waals surface area contributed by atoms with Crippen LogP contribution in [0.2, 0.25) is 0 Å². The van der Waals surface area contributed by atoms with Gasteiger partial charge in [0, 0.05) is 24.4 Å². The van der Waals surface area contributed by atoms with Gasteiger partial charge in [0.2, 0.25) is 0 Å². The number of ether oxygens (including phenoxy) is 2. The van der Waals surface area contributed by atoms with E-state index in [2.05, 4.69) is 5.32 Å². The number of ketones is 1. The van der Waals surface area contributed by atoms with E-state index < -0.39 is 6.04 Å². The van der Waals surface area contributed by atoms with Crippen molar-refractivity contribution in [3.05, 3.63) is 29.5 Å². The lowest BCUT2D eigenvalue weighted by molar-refractivity contribution is -0.130. The van der Waals surface area contributed by atoms with Crippen LogP contribution in [0.4, 0.5) is 5.69 Å². The zero-order chi connectivity index (χ0) is 17.0. The Kier molecular flexibility index (Phi) is 5.10. The van der Waals surface area contributed by atoms with Crippen LogP contribution in [0.1, 0.15) is 24.2 Å². The van der Waals surface area contributed by atoms with Crippen LogP contribution in [0.3, 0.4) is 0 Å². The molecular formula is C16H20N2O5. The Morgan fingerprint density at radius 1 is 1.26 bits per heavy atom. The number of methoxy groups -OCH3 is 2. The van der Waals surface area contributed by atoms with E-state index >= 15 is 0 Å². The molecule has 1 unspecified atom stereocenters. The van der Waals surface area contributed by atoms with Gasteiger partial charge < -0.3 is 19.6 Å². The van der Waals surface area contributed by atoms with E-state index in [0.29, 0.717) is 41.3 Å². The molecule has 124 valence electrons. The molecule has 1 aromatic carbocycles. The standard InChI is InChI=1S/C16H20N2O5/c1-5-17-8-12-10(2)18(23-9-19)13-7-15(22-4)14(21-3)6-11(13)16(12)20/h6-10,17H,5H2,1-4H3. The summed E-state index contributed by atoms with van der Waals surface area (Å²) in [5, 5.41) is 4.40. The van der Waals surface area contributed by atoms with Crippen molar-refractivity contribution < 1.29 is 23.9 Å². The summed E-state index contributed by atoms with van der Waals surface area (Å²) < 4.78 is 10.5. The second-order valence-electron chi connectivity index (χ2n) is 4.91. The largest absolute Gasteiger partial charge is 0.493 e. The van der Waals surface area contributed by atoms with Gasteiger partial charge in [-0.2, -0.15) is 5.06 Å². The van der Waals surface area contributed by atoms with Crippen molar-refractivity contribution in [2.45, 2.75) is 19.9 Å². The molecule has 7 heteroatoms. The molecule has 0 saturated carbocycles. The number of carbonyl (C=O) groups excluding carboxylic acids is 2. The molecule has 0 saturated heterocycles. The maximum Gasteiger partial charge on any atom is 0.320 e. The minimum atomic E-state index is -0.433. The van der Waals surface area contributed by atoms with Crippen molar-refractivity contribution in [1.82, 2.24) is 5.32 Å². The molecule has 0 aliphatic carbocycles. The van der Waals surface area contributed by atoms with Gasteiger partial charge in [-0.3, -0.25) is 9.59 Å². The van der Waals surface area contributed by atoms with Crippen LogP contribution in [0, 0.1) is 0 Å². The molecule has 1 atom stereocenters. The first-order chi connectivity index (χ1) is 11.1. The van der Waals surface area contributed by atoms with E-state index in [1.165, 1.54) is 19.3 Å². The van der Waals surface area contributed by atoms with Gasteiger partial charge in [-0.25, -0.2) is 0 Å². The second kappa shape index (κ2) is 7.04. The van der Waals surface area contributed by atoms with Crippen molar-refractivity contribution in [3.63, 3.8) is 0 Å². The summed E-state index contributed by atoms with van der Waals surface area (Å²) in [5.41, 5.74) is 1.33. The molecule has 0 aromatic heterocycles. The molecule has 0 spiro atoms. The van der Waals surface area contributed by atoms with Crippen LogP contribution in [-0.4, -0.2) is 39.1 Å². The zero-order valence-corrected chi connectivity index (χ0v) is 13.6. The van der Waals surface area contributed by atoms with Crippen LogP contribution in [0.25, 0.3) is 0 Å². The van der Waals surface area contributed by atoms with E-state index in [-0.39, 0.29) is 5.78 Å². The van der Waals surface area contributed by atoms with Crippen LogP contribution >= 0.6 is 0 Å². The summed E-state index contributed by atoms with van der Waals surface area (Å²) >= 11 is 0. The van der Waals surface area contributed by atoms with Crippen LogP contribution in [0.5, 0.6) is 11.5 Å². The normalized spacial score (nSPS) is 18.4. The van der Waals surface area contributed by atoms with Gasteiger partial charge in [0.05, 0.1) is 31.5 Å². The quantitative estimate of drug-likeness (QED) is 0.631. The fraction of sp³-hybridized carbons (Fsp3) is 0.375. The number of benzene rings is 1. The third-order valence-electron chi connectivity index (χ3n) is 3.67.